The van der Waals surface area contributed by atoms with E-state index in [9.17, 15) is 4.79 Å². The van der Waals surface area contributed by atoms with Crippen molar-refractivity contribution in [2.45, 2.75) is 20.8 Å². The summed E-state index contributed by atoms with van der Waals surface area (Å²) in [5.41, 5.74) is 0. The highest BCUT2D eigenvalue weighted by atomic mass is 32.2. The highest BCUT2D eigenvalue weighted by molar-refractivity contribution is 7.98. The van der Waals surface area contributed by atoms with E-state index in [0.29, 0.717) is 0 Å². The first-order chi connectivity index (χ1) is 5.63. The van der Waals surface area contributed by atoms with Gasteiger partial charge in [-0.3, -0.25) is 4.79 Å². The maximum atomic E-state index is 11.5. The van der Waals surface area contributed by atoms with Gasteiger partial charge in [-0.15, -0.1) is 0 Å². The SMILES string of the molecule is CCN(CCSC)C(=O)C(C)C. The van der Waals surface area contributed by atoms with E-state index in [4.69, 9.17) is 0 Å². The third-order valence-corrected chi connectivity index (χ3v) is 2.34. The highest BCUT2D eigenvalue weighted by Crippen LogP contribution is 2.02. The van der Waals surface area contributed by atoms with Crippen molar-refractivity contribution in [2.75, 3.05) is 25.1 Å². The van der Waals surface area contributed by atoms with Crippen molar-refractivity contribution in [3.63, 3.8) is 0 Å². The van der Waals surface area contributed by atoms with Crippen molar-refractivity contribution in [3.05, 3.63) is 0 Å². The molecule has 0 aromatic heterocycles. The summed E-state index contributed by atoms with van der Waals surface area (Å²) in [6.07, 6.45) is 2.06. The topological polar surface area (TPSA) is 20.3 Å². The van der Waals surface area contributed by atoms with E-state index in [1.54, 1.807) is 11.8 Å². The zero-order chi connectivity index (χ0) is 9.56. The lowest BCUT2D eigenvalue weighted by atomic mass is 10.2. The number of carbonyl (C=O) groups is 1. The minimum Gasteiger partial charge on any atom is -0.342 e. The van der Waals surface area contributed by atoms with Gasteiger partial charge in [-0.2, -0.15) is 11.8 Å². The zero-order valence-corrected chi connectivity index (χ0v) is 9.28. The fraction of sp³-hybridized carbons (Fsp3) is 0.889. The number of carbonyl (C=O) groups excluding carboxylic acids is 1. The van der Waals surface area contributed by atoms with Gasteiger partial charge in [-0.05, 0) is 13.2 Å². The molecule has 0 radical (unpaired) electrons. The smallest absolute Gasteiger partial charge is 0.225 e. The number of rotatable bonds is 5. The number of hydrogen-bond donors (Lipinski definition) is 0. The quantitative estimate of drug-likeness (QED) is 0.658. The fourth-order valence-corrected chi connectivity index (χ4v) is 1.39. The molecule has 3 heteroatoms. The van der Waals surface area contributed by atoms with E-state index in [-0.39, 0.29) is 11.8 Å². The van der Waals surface area contributed by atoms with Crippen molar-refractivity contribution >= 4 is 17.7 Å². The first-order valence-electron chi connectivity index (χ1n) is 4.41. The van der Waals surface area contributed by atoms with Gasteiger partial charge in [0.25, 0.3) is 0 Å². The van der Waals surface area contributed by atoms with Crippen molar-refractivity contribution in [3.8, 4) is 0 Å². The maximum Gasteiger partial charge on any atom is 0.225 e. The number of amides is 1. The van der Waals surface area contributed by atoms with Crippen LogP contribution in [-0.4, -0.2) is 35.9 Å². The molecule has 0 N–H and O–H groups in total. The third kappa shape index (κ3) is 4.00. The Hall–Kier alpha value is -0.180. The lowest BCUT2D eigenvalue weighted by molar-refractivity contribution is -0.133. The van der Waals surface area contributed by atoms with E-state index < -0.39 is 0 Å². The predicted octanol–water partition coefficient (Wildman–Crippen LogP) is 1.85. The Labute approximate surface area is 79.7 Å². The molecule has 0 aromatic carbocycles. The van der Waals surface area contributed by atoms with Gasteiger partial charge in [0.2, 0.25) is 5.91 Å². The fourth-order valence-electron chi connectivity index (χ4n) is 0.991. The first kappa shape index (κ1) is 11.8. The molecule has 0 unspecified atom stereocenters. The van der Waals surface area contributed by atoms with E-state index in [1.165, 1.54) is 0 Å². The second-order valence-corrected chi connectivity index (χ2v) is 4.05. The minimum absolute atomic E-state index is 0.131. The average molecular weight is 189 g/mol. The van der Waals surface area contributed by atoms with Gasteiger partial charge in [-0.1, -0.05) is 13.8 Å². The van der Waals surface area contributed by atoms with Gasteiger partial charge in [-0.25, -0.2) is 0 Å². The van der Waals surface area contributed by atoms with E-state index in [2.05, 4.69) is 6.26 Å². The second kappa shape index (κ2) is 6.35. The lowest BCUT2D eigenvalue weighted by Crippen LogP contribution is -2.35. The van der Waals surface area contributed by atoms with Crippen LogP contribution < -0.4 is 0 Å². The molecule has 0 aromatic rings. The van der Waals surface area contributed by atoms with Crippen LogP contribution in [0.3, 0.4) is 0 Å². The molecule has 0 heterocycles. The van der Waals surface area contributed by atoms with E-state index in [1.807, 2.05) is 25.7 Å². The molecule has 0 rings (SSSR count). The summed E-state index contributed by atoms with van der Waals surface area (Å²) in [6.45, 7) is 7.64. The Morgan fingerprint density at radius 1 is 1.50 bits per heavy atom. The Morgan fingerprint density at radius 2 is 2.08 bits per heavy atom. The van der Waals surface area contributed by atoms with Crippen molar-refractivity contribution in [1.82, 2.24) is 4.90 Å². The summed E-state index contributed by atoms with van der Waals surface area (Å²) < 4.78 is 0. The van der Waals surface area contributed by atoms with Crippen LogP contribution >= 0.6 is 11.8 Å². The minimum atomic E-state index is 0.131. The van der Waals surface area contributed by atoms with Gasteiger partial charge in [0.15, 0.2) is 0 Å². The highest BCUT2D eigenvalue weighted by Gasteiger charge is 2.13. The van der Waals surface area contributed by atoms with Crippen LogP contribution in [0.2, 0.25) is 0 Å². The van der Waals surface area contributed by atoms with Gasteiger partial charge in [0.1, 0.15) is 0 Å². The first-order valence-corrected chi connectivity index (χ1v) is 5.80. The molecule has 0 saturated heterocycles. The van der Waals surface area contributed by atoms with Crippen molar-refractivity contribution in [1.29, 1.82) is 0 Å². The molecule has 1 amide bonds. The molecule has 0 fully saturated rings. The summed E-state index contributed by atoms with van der Waals surface area (Å²) in [4.78, 5) is 13.4. The summed E-state index contributed by atoms with van der Waals surface area (Å²) in [5, 5.41) is 0. The monoisotopic (exact) mass is 189 g/mol. The molecule has 0 atom stereocenters. The van der Waals surface area contributed by atoms with Crippen LogP contribution in [0.1, 0.15) is 20.8 Å². The zero-order valence-electron chi connectivity index (χ0n) is 8.46. The molecule has 72 valence electrons. The maximum absolute atomic E-state index is 11.5. The molecular weight excluding hydrogens is 170 g/mol. The molecular formula is C9H19NOS. The molecule has 0 aliphatic carbocycles. The predicted molar refractivity (Wildman–Crippen MR) is 55.5 cm³/mol. The summed E-state index contributed by atoms with van der Waals surface area (Å²) in [6, 6.07) is 0. The van der Waals surface area contributed by atoms with E-state index in [0.717, 1.165) is 18.8 Å². The van der Waals surface area contributed by atoms with Crippen molar-refractivity contribution < 1.29 is 4.79 Å². The normalized spacial score (nSPS) is 10.4. The molecule has 0 saturated carbocycles. The van der Waals surface area contributed by atoms with Crippen LogP contribution in [-0.2, 0) is 4.79 Å². The Kier molecular flexibility index (Phi) is 6.25. The molecule has 0 bridgehead atoms. The lowest BCUT2D eigenvalue weighted by Gasteiger charge is -2.22. The summed E-state index contributed by atoms with van der Waals surface area (Å²) >= 11 is 1.78. The molecule has 2 nitrogen and oxygen atoms in total. The Morgan fingerprint density at radius 3 is 2.42 bits per heavy atom. The number of nitrogens with zero attached hydrogens (tertiary/aromatic N) is 1. The van der Waals surface area contributed by atoms with E-state index >= 15 is 0 Å². The number of hydrogen-bond acceptors (Lipinski definition) is 2. The summed E-state index contributed by atoms with van der Waals surface area (Å²) in [5.74, 6) is 1.44. The van der Waals surface area contributed by atoms with Crippen LogP contribution in [0.4, 0.5) is 0 Å². The summed E-state index contributed by atoms with van der Waals surface area (Å²) in [7, 11) is 0. The number of thioether (sulfide) groups is 1. The Bertz CT molecular complexity index is 136. The molecule has 0 aliphatic heterocycles. The Balaban J connectivity index is 3.88. The van der Waals surface area contributed by atoms with Gasteiger partial charge < -0.3 is 4.90 Å². The molecule has 0 spiro atoms. The third-order valence-electron chi connectivity index (χ3n) is 1.75. The average Bonchev–Trinajstić information content (AvgIpc) is 2.05. The van der Waals surface area contributed by atoms with Crippen LogP contribution in [0, 0.1) is 5.92 Å². The van der Waals surface area contributed by atoms with Crippen LogP contribution in [0.15, 0.2) is 0 Å². The van der Waals surface area contributed by atoms with Gasteiger partial charge in [0, 0.05) is 24.8 Å². The van der Waals surface area contributed by atoms with Gasteiger partial charge >= 0.3 is 0 Å². The molecule has 12 heavy (non-hydrogen) atoms. The van der Waals surface area contributed by atoms with Gasteiger partial charge in [0.05, 0.1) is 0 Å². The largest absolute Gasteiger partial charge is 0.342 e. The molecule has 0 aliphatic rings. The second-order valence-electron chi connectivity index (χ2n) is 3.07. The van der Waals surface area contributed by atoms with Crippen LogP contribution in [0.25, 0.3) is 0 Å². The standard InChI is InChI=1S/C9H19NOS/c1-5-10(6-7-12-4)9(11)8(2)3/h8H,5-7H2,1-4H3. The van der Waals surface area contributed by atoms with Crippen molar-refractivity contribution in [2.24, 2.45) is 5.92 Å². The van der Waals surface area contributed by atoms with Crippen LogP contribution in [0.5, 0.6) is 0 Å².